The lowest BCUT2D eigenvalue weighted by molar-refractivity contribution is -0.130. The Bertz CT molecular complexity index is 833. The van der Waals surface area contributed by atoms with E-state index < -0.39 is 6.03 Å². The summed E-state index contributed by atoms with van der Waals surface area (Å²) in [7, 11) is 1.55. The molecule has 7 heteroatoms. The number of urea groups is 1. The van der Waals surface area contributed by atoms with E-state index in [-0.39, 0.29) is 30.8 Å². The number of carbonyl (C=O) groups excluding carboxylic acids is 3. The number of hydrogen-bond acceptors (Lipinski definition) is 3. The summed E-state index contributed by atoms with van der Waals surface area (Å²) in [5, 5.41) is 5.99. The van der Waals surface area contributed by atoms with Crippen LogP contribution in [0.1, 0.15) is 33.9 Å². The van der Waals surface area contributed by atoms with Crippen molar-refractivity contribution in [2.24, 2.45) is 0 Å². The average molecular weight is 372 g/mol. The monoisotopic (exact) mass is 371 g/mol. The highest BCUT2D eigenvalue weighted by Crippen LogP contribution is 2.24. The Morgan fingerprint density at radius 1 is 1.23 bits per heavy atom. The maximum Gasteiger partial charge on any atom is 0.324 e. The van der Waals surface area contributed by atoms with Crippen molar-refractivity contribution in [1.82, 2.24) is 15.5 Å². The number of benzene rings is 2. The van der Waals surface area contributed by atoms with Crippen LogP contribution in [0.5, 0.6) is 0 Å². The van der Waals surface area contributed by atoms with Crippen LogP contribution in [0.15, 0.2) is 48.5 Å². The Balaban J connectivity index is 1.73. The van der Waals surface area contributed by atoms with Crippen LogP contribution in [0.2, 0.25) is 5.02 Å². The van der Waals surface area contributed by atoms with Gasteiger partial charge in [-0.25, -0.2) is 4.79 Å². The molecule has 1 aliphatic heterocycles. The zero-order chi connectivity index (χ0) is 18.7. The molecule has 2 aromatic carbocycles. The van der Waals surface area contributed by atoms with Gasteiger partial charge in [0.15, 0.2) is 0 Å². The van der Waals surface area contributed by atoms with Gasteiger partial charge in [0.25, 0.3) is 5.91 Å². The van der Waals surface area contributed by atoms with Gasteiger partial charge in [0, 0.05) is 17.6 Å². The molecule has 26 heavy (non-hydrogen) atoms. The summed E-state index contributed by atoms with van der Waals surface area (Å²) in [5.74, 6) is -0.483. The van der Waals surface area contributed by atoms with E-state index in [9.17, 15) is 14.4 Å². The van der Waals surface area contributed by atoms with E-state index in [2.05, 4.69) is 10.6 Å². The molecule has 1 atom stereocenters. The second-order valence-electron chi connectivity index (χ2n) is 6.02. The highest BCUT2D eigenvalue weighted by atomic mass is 35.5. The number of hydrogen-bond donors (Lipinski definition) is 2. The number of carbonyl (C=O) groups is 3. The molecule has 0 saturated carbocycles. The smallest absolute Gasteiger partial charge is 0.324 e. The average Bonchev–Trinajstić information content (AvgIpc) is 2.64. The van der Waals surface area contributed by atoms with E-state index in [0.717, 1.165) is 10.5 Å². The maximum absolute atomic E-state index is 12.5. The minimum atomic E-state index is -0.452. The summed E-state index contributed by atoms with van der Waals surface area (Å²) in [6.45, 7) is 0.114. The normalized spacial score (nSPS) is 17.0. The fourth-order valence-corrected chi connectivity index (χ4v) is 3.00. The van der Waals surface area contributed by atoms with Crippen LogP contribution in [0.25, 0.3) is 0 Å². The van der Waals surface area contributed by atoms with Crippen molar-refractivity contribution in [3.63, 3.8) is 0 Å². The fraction of sp³-hybridized carbons (Fsp3) is 0.211. The summed E-state index contributed by atoms with van der Waals surface area (Å²) < 4.78 is 0. The van der Waals surface area contributed by atoms with E-state index in [1.807, 2.05) is 0 Å². The fourth-order valence-electron chi connectivity index (χ4n) is 2.87. The molecule has 0 bridgehead atoms. The minimum absolute atomic E-state index is 0.114. The van der Waals surface area contributed by atoms with Crippen LogP contribution in [0, 0.1) is 0 Å². The van der Waals surface area contributed by atoms with Crippen molar-refractivity contribution in [2.45, 2.75) is 19.0 Å². The SMILES string of the molecule is CNC(=O)c1cccc(CN2C(=O)C[C@@H](c3ccc(Cl)cc3)NC2=O)c1. The number of halogens is 1. The van der Waals surface area contributed by atoms with E-state index >= 15 is 0 Å². The van der Waals surface area contributed by atoms with Gasteiger partial charge in [-0.3, -0.25) is 14.5 Å². The first-order valence-corrected chi connectivity index (χ1v) is 8.53. The van der Waals surface area contributed by atoms with Gasteiger partial charge < -0.3 is 10.6 Å². The second-order valence-corrected chi connectivity index (χ2v) is 6.45. The molecule has 0 unspecified atom stereocenters. The molecule has 2 aromatic rings. The zero-order valence-corrected chi connectivity index (χ0v) is 14.9. The molecule has 1 heterocycles. The van der Waals surface area contributed by atoms with Crippen molar-refractivity contribution >= 4 is 29.4 Å². The molecular weight excluding hydrogens is 354 g/mol. The van der Waals surface area contributed by atoms with Crippen molar-refractivity contribution in [3.8, 4) is 0 Å². The van der Waals surface area contributed by atoms with E-state index in [1.165, 1.54) is 0 Å². The third-order valence-electron chi connectivity index (χ3n) is 4.25. The first-order chi connectivity index (χ1) is 12.5. The van der Waals surface area contributed by atoms with Crippen molar-refractivity contribution < 1.29 is 14.4 Å². The molecule has 4 amide bonds. The van der Waals surface area contributed by atoms with Gasteiger partial charge in [-0.2, -0.15) is 0 Å². The van der Waals surface area contributed by atoms with Crippen LogP contribution in [0.3, 0.4) is 0 Å². The number of nitrogens with zero attached hydrogens (tertiary/aromatic N) is 1. The third-order valence-corrected chi connectivity index (χ3v) is 4.50. The van der Waals surface area contributed by atoms with Crippen molar-refractivity contribution in [3.05, 3.63) is 70.2 Å². The predicted molar refractivity (Wildman–Crippen MR) is 97.7 cm³/mol. The Morgan fingerprint density at radius 3 is 2.62 bits per heavy atom. The van der Waals surface area contributed by atoms with Gasteiger partial charge in [-0.1, -0.05) is 35.9 Å². The van der Waals surface area contributed by atoms with E-state index in [0.29, 0.717) is 16.1 Å². The number of amides is 4. The van der Waals surface area contributed by atoms with Crippen LogP contribution in [-0.2, 0) is 11.3 Å². The van der Waals surface area contributed by atoms with Gasteiger partial charge in [0.2, 0.25) is 5.91 Å². The van der Waals surface area contributed by atoms with E-state index in [4.69, 9.17) is 11.6 Å². The largest absolute Gasteiger partial charge is 0.355 e. The highest BCUT2D eigenvalue weighted by molar-refractivity contribution is 6.30. The summed E-state index contributed by atoms with van der Waals surface area (Å²) >= 11 is 5.88. The van der Waals surface area contributed by atoms with Crippen molar-refractivity contribution in [2.75, 3.05) is 7.05 Å². The number of imide groups is 1. The number of nitrogens with one attached hydrogen (secondary N) is 2. The first kappa shape index (κ1) is 17.9. The molecule has 0 aromatic heterocycles. The molecule has 134 valence electrons. The molecule has 3 rings (SSSR count). The lowest BCUT2D eigenvalue weighted by Gasteiger charge is -2.31. The molecule has 6 nitrogen and oxygen atoms in total. The van der Waals surface area contributed by atoms with E-state index in [1.54, 1.807) is 55.6 Å². The predicted octanol–water partition coefficient (Wildman–Crippen LogP) is 2.88. The Hall–Kier alpha value is -2.86. The summed E-state index contributed by atoms with van der Waals surface area (Å²) in [6.07, 6.45) is 0.169. The summed E-state index contributed by atoms with van der Waals surface area (Å²) in [5.41, 5.74) is 2.02. The Morgan fingerprint density at radius 2 is 1.96 bits per heavy atom. The van der Waals surface area contributed by atoms with Crippen LogP contribution >= 0.6 is 11.6 Å². The molecule has 1 saturated heterocycles. The molecule has 0 radical (unpaired) electrons. The molecule has 2 N–H and O–H groups in total. The lowest BCUT2D eigenvalue weighted by atomic mass is 10.0. The number of rotatable bonds is 4. The molecular formula is C19H18ClN3O3. The second kappa shape index (κ2) is 7.58. The molecule has 0 aliphatic carbocycles. The zero-order valence-electron chi connectivity index (χ0n) is 14.2. The standard InChI is InChI=1S/C19H18ClN3O3/c1-21-18(25)14-4-2-3-12(9-14)11-23-17(24)10-16(22-19(23)26)13-5-7-15(20)8-6-13/h2-9,16H,10-11H2,1H3,(H,21,25)(H,22,26)/t16-/m0/s1. The lowest BCUT2D eigenvalue weighted by Crippen LogP contribution is -2.50. The van der Waals surface area contributed by atoms with Gasteiger partial charge in [0.05, 0.1) is 19.0 Å². The van der Waals surface area contributed by atoms with Crippen molar-refractivity contribution in [1.29, 1.82) is 0 Å². The maximum atomic E-state index is 12.5. The first-order valence-electron chi connectivity index (χ1n) is 8.15. The molecule has 1 fully saturated rings. The minimum Gasteiger partial charge on any atom is -0.355 e. The third kappa shape index (κ3) is 3.86. The van der Waals surface area contributed by atoms with Gasteiger partial charge in [-0.05, 0) is 35.4 Å². The Kier molecular flexibility index (Phi) is 5.23. The highest BCUT2D eigenvalue weighted by Gasteiger charge is 2.32. The van der Waals surface area contributed by atoms with Gasteiger partial charge in [-0.15, -0.1) is 0 Å². The van der Waals surface area contributed by atoms with Crippen LogP contribution in [0.4, 0.5) is 4.79 Å². The summed E-state index contributed by atoms with van der Waals surface area (Å²) in [4.78, 5) is 37.8. The Labute approximate surface area is 156 Å². The van der Waals surface area contributed by atoms with Gasteiger partial charge >= 0.3 is 6.03 Å². The molecule has 1 aliphatic rings. The van der Waals surface area contributed by atoms with Gasteiger partial charge in [0.1, 0.15) is 0 Å². The topological polar surface area (TPSA) is 78.5 Å². The van der Waals surface area contributed by atoms with Crippen LogP contribution in [-0.4, -0.2) is 29.8 Å². The quantitative estimate of drug-likeness (QED) is 0.867. The summed E-state index contributed by atoms with van der Waals surface area (Å²) in [6, 6.07) is 13.1. The van der Waals surface area contributed by atoms with Crippen LogP contribution < -0.4 is 10.6 Å². The molecule has 0 spiro atoms.